The number of rotatable bonds is 9. The lowest BCUT2D eigenvalue weighted by atomic mass is 10.1. The average Bonchev–Trinajstić information content (AvgIpc) is 2.74. The van der Waals surface area contributed by atoms with Gasteiger partial charge in [0, 0.05) is 17.8 Å². The number of esters is 2. The van der Waals surface area contributed by atoms with Crippen LogP contribution in [0.15, 0.2) is 42.5 Å². The van der Waals surface area contributed by atoms with Crippen molar-refractivity contribution < 1.29 is 28.7 Å². The normalized spacial score (nSPS) is 10.2. The van der Waals surface area contributed by atoms with Crippen LogP contribution in [0.25, 0.3) is 0 Å². The van der Waals surface area contributed by atoms with Gasteiger partial charge in [-0.25, -0.2) is 4.79 Å². The van der Waals surface area contributed by atoms with E-state index in [0.717, 1.165) is 11.1 Å². The summed E-state index contributed by atoms with van der Waals surface area (Å²) >= 11 is 0. The minimum atomic E-state index is -0.649. The molecule has 0 heterocycles. The summed E-state index contributed by atoms with van der Waals surface area (Å²) in [4.78, 5) is 47.5. The van der Waals surface area contributed by atoms with Crippen LogP contribution < -0.4 is 10.6 Å². The van der Waals surface area contributed by atoms with Gasteiger partial charge in [-0.15, -0.1) is 0 Å². The van der Waals surface area contributed by atoms with E-state index in [1.807, 2.05) is 32.0 Å². The Morgan fingerprint density at radius 2 is 1.45 bits per heavy atom. The molecule has 2 aromatic rings. The van der Waals surface area contributed by atoms with Crippen LogP contribution in [0.2, 0.25) is 0 Å². The van der Waals surface area contributed by atoms with Crippen LogP contribution in [-0.4, -0.2) is 37.0 Å². The summed E-state index contributed by atoms with van der Waals surface area (Å²) in [5, 5.41) is 5.35. The first-order valence-electron chi connectivity index (χ1n) is 9.89. The first kappa shape index (κ1) is 23.6. The summed E-state index contributed by atoms with van der Waals surface area (Å²) in [7, 11) is 0. The predicted octanol–water partition coefficient (Wildman–Crippen LogP) is 3.38. The van der Waals surface area contributed by atoms with Crippen LogP contribution >= 0.6 is 0 Å². The number of aryl methyl sites for hydroxylation is 2. The number of anilines is 2. The van der Waals surface area contributed by atoms with Crippen molar-refractivity contribution in [3.63, 3.8) is 0 Å². The van der Waals surface area contributed by atoms with Gasteiger partial charge in [-0.1, -0.05) is 18.2 Å². The largest absolute Gasteiger partial charge is 0.462 e. The fourth-order valence-electron chi connectivity index (χ4n) is 2.75. The maximum Gasteiger partial charge on any atom is 0.338 e. The first-order chi connectivity index (χ1) is 14.8. The molecule has 8 nitrogen and oxygen atoms in total. The second-order valence-corrected chi connectivity index (χ2v) is 6.82. The number of benzene rings is 2. The molecule has 0 unspecified atom stereocenters. The molecule has 2 amide bonds. The molecular weight excluding hydrogens is 400 g/mol. The molecular formula is C23H26N2O6. The summed E-state index contributed by atoms with van der Waals surface area (Å²) in [6.45, 7) is 5.31. The maximum atomic E-state index is 12.0. The first-order valence-corrected chi connectivity index (χ1v) is 9.89. The second kappa shape index (κ2) is 11.5. The molecule has 2 N–H and O–H groups in total. The zero-order valence-electron chi connectivity index (χ0n) is 17.8. The van der Waals surface area contributed by atoms with E-state index < -0.39 is 24.5 Å². The third-order valence-corrected chi connectivity index (χ3v) is 4.35. The minimum Gasteiger partial charge on any atom is -0.462 e. The molecule has 31 heavy (non-hydrogen) atoms. The number of hydrogen-bond acceptors (Lipinski definition) is 6. The molecule has 0 radical (unpaired) electrons. The van der Waals surface area contributed by atoms with Gasteiger partial charge in [0.1, 0.15) is 0 Å². The van der Waals surface area contributed by atoms with Crippen LogP contribution in [-0.2, 0) is 23.9 Å². The van der Waals surface area contributed by atoms with Crippen LogP contribution in [0.1, 0.15) is 41.3 Å². The van der Waals surface area contributed by atoms with Gasteiger partial charge in [0.25, 0.3) is 5.91 Å². The molecule has 0 aliphatic heterocycles. The molecule has 0 spiro atoms. The van der Waals surface area contributed by atoms with Crippen LogP contribution in [0.5, 0.6) is 0 Å². The van der Waals surface area contributed by atoms with Crippen molar-refractivity contribution in [3.05, 3.63) is 59.2 Å². The van der Waals surface area contributed by atoms with Crippen molar-refractivity contribution in [3.8, 4) is 0 Å². The molecule has 0 aliphatic rings. The fourth-order valence-corrected chi connectivity index (χ4v) is 2.75. The Labute approximate surface area is 180 Å². The summed E-state index contributed by atoms with van der Waals surface area (Å²) in [5.41, 5.74) is 3.37. The maximum absolute atomic E-state index is 12.0. The van der Waals surface area contributed by atoms with Gasteiger partial charge in [0.15, 0.2) is 6.61 Å². The van der Waals surface area contributed by atoms with E-state index in [1.165, 1.54) is 12.1 Å². The van der Waals surface area contributed by atoms with E-state index in [1.54, 1.807) is 19.1 Å². The second-order valence-electron chi connectivity index (χ2n) is 6.82. The van der Waals surface area contributed by atoms with Crippen LogP contribution in [0.3, 0.4) is 0 Å². The Bertz CT molecular complexity index is 933. The number of amides is 2. The third-order valence-electron chi connectivity index (χ3n) is 4.35. The van der Waals surface area contributed by atoms with Crippen molar-refractivity contribution >= 4 is 35.1 Å². The smallest absolute Gasteiger partial charge is 0.338 e. The average molecular weight is 426 g/mol. The van der Waals surface area contributed by atoms with E-state index in [9.17, 15) is 19.2 Å². The topological polar surface area (TPSA) is 111 Å². The number of hydrogen-bond donors (Lipinski definition) is 2. The molecule has 0 aromatic heterocycles. The highest BCUT2D eigenvalue weighted by Gasteiger charge is 2.13. The highest BCUT2D eigenvalue weighted by molar-refractivity contribution is 5.95. The highest BCUT2D eigenvalue weighted by Crippen LogP contribution is 2.19. The predicted molar refractivity (Wildman–Crippen MR) is 116 cm³/mol. The number of nitrogens with one attached hydrogen (secondary N) is 2. The molecule has 0 fully saturated rings. The number of carbonyl (C=O) groups is 4. The lowest BCUT2D eigenvalue weighted by Gasteiger charge is -2.11. The Kier molecular flexibility index (Phi) is 8.75. The summed E-state index contributed by atoms with van der Waals surface area (Å²) < 4.78 is 9.83. The lowest BCUT2D eigenvalue weighted by molar-refractivity contribution is -0.147. The molecule has 0 aliphatic carbocycles. The van der Waals surface area contributed by atoms with Gasteiger partial charge in [-0.05, 0) is 56.2 Å². The summed E-state index contributed by atoms with van der Waals surface area (Å²) in [6.07, 6.45) is -0.263. The summed E-state index contributed by atoms with van der Waals surface area (Å²) in [6, 6.07) is 11.9. The quantitative estimate of drug-likeness (QED) is 0.595. The molecule has 0 saturated heterocycles. The molecule has 0 bridgehead atoms. The van der Waals surface area contributed by atoms with E-state index in [4.69, 9.17) is 9.47 Å². The van der Waals surface area contributed by atoms with E-state index in [-0.39, 0.29) is 25.4 Å². The number of ether oxygens (including phenoxy) is 2. The standard InChI is InChI=1S/C23H26N2O6/c1-4-30-23(29)17-8-10-18(11-9-17)24-19(26)12-13-21(28)31-14-20(27)25-22-15(2)6-5-7-16(22)3/h5-11H,4,12-14H2,1-3H3,(H,24,26)(H,25,27). The van der Waals surface area contributed by atoms with Crippen molar-refractivity contribution in [1.82, 2.24) is 0 Å². The van der Waals surface area contributed by atoms with E-state index >= 15 is 0 Å². The van der Waals surface area contributed by atoms with Gasteiger partial charge in [-0.3, -0.25) is 14.4 Å². The van der Waals surface area contributed by atoms with Crippen LogP contribution in [0, 0.1) is 13.8 Å². The van der Waals surface area contributed by atoms with Gasteiger partial charge < -0.3 is 20.1 Å². The van der Waals surface area contributed by atoms with Gasteiger partial charge in [0.2, 0.25) is 5.91 Å². The van der Waals surface area contributed by atoms with E-state index in [2.05, 4.69) is 10.6 Å². The van der Waals surface area contributed by atoms with E-state index in [0.29, 0.717) is 16.9 Å². The SMILES string of the molecule is CCOC(=O)c1ccc(NC(=O)CCC(=O)OCC(=O)Nc2c(C)cccc2C)cc1. The van der Waals surface area contributed by atoms with Gasteiger partial charge in [0.05, 0.1) is 18.6 Å². The van der Waals surface area contributed by atoms with Crippen molar-refractivity contribution in [2.45, 2.75) is 33.6 Å². The van der Waals surface area contributed by atoms with Gasteiger partial charge >= 0.3 is 11.9 Å². The monoisotopic (exact) mass is 426 g/mol. The minimum absolute atomic E-state index is 0.100. The van der Waals surface area contributed by atoms with Crippen molar-refractivity contribution in [1.29, 1.82) is 0 Å². The number of para-hydroxylation sites is 1. The Morgan fingerprint density at radius 1 is 0.806 bits per heavy atom. The Morgan fingerprint density at radius 3 is 2.06 bits per heavy atom. The molecule has 0 atom stereocenters. The lowest BCUT2D eigenvalue weighted by Crippen LogP contribution is -2.22. The molecule has 164 valence electrons. The van der Waals surface area contributed by atoms with Crippen molar-refractivity contribution in [2.75, 3.05) is 23.8 Å². The third kappa shape index (κ3) is 7.58. The Hall–Kier alpha value is -3.68. The fraction of sp³-hybridized carbons (Fsp3) is 0.304. The molecule has 2 rings (SSSR count). The van der Waals surface area contributed by atoms with Gasteiger partial charge in [-0.2, -0.15) is 0 Å². The highest BCUT2D eigenvalue weighted by atomic mass is 16.5. The zero-order valence-corrected chi connectivity index (χ0v) is 17.8. The summed E-state index contributed by atoms with van der Waals surface area (Å²) in [5.74, 6) is -1.92. The Balaban J connectivity index is 1.72. The van der Waals surface area contributed by atoms with Crippen molar-refractivity contribution in [2.24, 2.45) is 0 Å². The molecule has 2 aromatic carbocycles. The van der Waals surface area contributed by atoms with Crippen LogP contribution in [0.4, 0.5) is 11.4 Å². The number of carbonyl (C=O) groups excluding carboxylic acids is 4. The molecule has 0 saturated carbocycles. The molecule has 8 heteroatoms. The zero-order chi connectivity index (χ0) is 22.8.